The number of aromatic nitrogens is 2. The van der Waals surface area contributed by atoms with E-state index in [0.29, 0.717) is 18.6 Å². The molecule has 4 rings (SSSR count). The lowest BCUT2D eigenvalue weighted by Crippen LogP contribution is -2.36. The number of carbonyl (C=O) groups is 1. The van der Waals surface area contributed by atoms with Gasteiger partial charge in [-0.15, -0.1) is 0 Å². The van der Waals surface area contributed by atoms with Crippen LogP contribution in [-0.2, 0) is 23.4 Å². The summed E-state index contributed by atoms with van der Waals surface area (Å²) in [7, 11) is -3.98. The highest BCUT2D eigenvalue weighted by Gasteiger charge is 2.64. The van der Waals surface area contributed by atoms with E-state index in [9.17, 15) is 24.1 Å². The highest BCUT2D eigenvalue weighted by Crippen LogP contribution is 2.63. The van der Waals surface area contributed by atoms with Crippen molar-refractivity contribution in [1.82, 2.24) is 9.55 Å². The maximum Gasteiger partial charge on any atom is 0.380 e. The monoisotopic (exact) mass is 536 g/mol. The summed E-state index contributed by atoms with van der Waals surface area (Å²) < 4.78 is 38.2. The van der Waals surface area contributed by atoms with Crippen LogP contribution < -0.4 is 15.8 Å². The van der Waals surface area contributed by atoms with Crippen LogP contribution in [0.1, 0.15) is 46.8 Å². The number of nitrogens with one attached hydrogen (secondary N) is 1. The molecule has 2 N–H and O–H groups in total. The largest absolute Gasteiger partial charge is 0.463 e. The fraction of sp³-hybridized carbons (Fsp3) is 0.560. The standard InChI is InChI=1S/C25H33N2O9P/c1-16(2)34-22(30)24(3,4)15-37(32,36-17-8-6-5-7-9-17)33-14-18-20(29)25(11-12-25)21(35-18)27-13-10-19(28)26-23(27)31/h5-10,13,16,18,20-21,29H,11-12,14-15H2,1-4H3,(H,26,28,31)/t18-,20-,21-,37?/m1/s1. The molecule has 1 aromatic heterocycles. The molecule has 1 aromatic carbocycles. The van der Waals surface area contributed by atoms with Crippen LogP contribution in [0, 0.1) is 10.8 Å². The molecule has 202 valence electrons. The maximum atomic E-state index is 14.0. The van der Waals surface area contributed by atoms with Gasteiger partial charge in [-0.3, -0.25) is 23.7 Å². The Morgan fingerprint density at radius 2 is 1.92 bits per heavy atom. The average Bonchev–Trinajstić information content (AvgIpc) is 3.56. The van der Waals surface area contributed by atoms with Gasteiger partial charge in [-0.05, 0) is 52.7 Å². The summed E-state index contributed by atoms with van der Waals surface area (Å²) in [5, 5.41) is 11.1. The van der Waals surface area contributed by atoms with Crippen molar-refractivity contribution < 1.29 is 33.0 Å². The number of para-hydroxylation sites is 1. The third-order valence-corrected chi connectivity index (χ3v) is 8.78. The molecule has 12 heteroatoms. The number of esters is 1. The molecule has 0 radical (unpaired) electrons. The summed E-state index contributed by atoms with van der Waals surface area (Å²) >= 11 is 0. The average molecular weight is 537 g/mol. The molecule has 0 bridgehead atoms. The van der Waals surface area contributed by atoms with Gasteiger partial charge in [0.25, 0.3) is 5.56 Å². The Morgan fingerprint density at radius 3 is 2.51 bits per heavy atom. The van der Waals surface area contributed by atoms with Crippen LogP contribution >= 0.6 is 7.60 Å². The maximum absolute atomic E-state index is 14.0. The zero-order chi connectivity index (χ0) is 27.0. The predicted octanol–water partition coefficient (Wildman–Crippen LogP) is 2.84. The van der Waals surface area contributed by atoms with Crippen LogP contribution in [0.5, 0.6) is 5.75 Å². The smallest absolute Gasteiger partial charge is 0.380 e. The number of ether oxygens (including phenoxy) is 2. The molecule has 0 amide bonds. The summed E-state index contributed by atoms with van der Waals surface area (Å²) in [4.78, 5) is 38.8. The van der Waals surface area contributed by atoms with Crippen molar-refractivity contribution in [3.63, 3.8) is 0 Å². The van der Waals surface area contributed by atoms with Crippen LogP contribution in [0.25, 0.3) is 0 Å². The number of hydrogen-bond acceptors (Lipinski definition) is 9. The highest BCUT2D eigenvalue weighted by molar-refractivity contribution is 7.54. The summed E-state index contributed by atoms with van der Waals surface area (Å²) in [6.45, 7) is 6.33. The first-order valence-electron chi connectivity index (χ1n) is 12.2. The summed E-state index contributed by atoms with van der Waals surface area (Å²) in [5.41, 5.74) is -3.11. The second-order valence-electron chi connectivity index (χ2n) is 10.5. The minimum absolute atomic E-state index is 0.281. The van der Waals surface area contributed by atoms with Crippen LogP contribution in [-0.4, -0.2) is 51.7 Å². The van der Waals surface area contributed by atoms with Gasteiger partial charge in [0.1, 0.15) is 18.1 Å². The summed E-state index contributed by atoms with van der Waals surface area (Å²) in [5.74, 6) is -0.252. The molecular weight excluding hydrogens is 503 g/mol. The number of rotatable bonds is 10. The SMILES string of the molecule is CC(C)OC(=O)C(C)(C)CP(=O)(OC[C@H]1O[C@@H](n2ccc(=O)[nH]c2=O)C2(CC2)[C@@H]1O)Oc1ccccc1. The van der Waals surface area contributed by atoms with Gasteiger partial charge in [-0.2, -0.15) is 0 Å². The molecular formula is C25H33N2O9P. The first-order valence-corrected chi connectivity index (χ1v) is 13.9. The number of H-pyrrole nitrogens is 1. The Morgan fingerprint density at radius 1 is 1.24 bits per heavy atom. The minimum atomic E-state index is -3.98. The minimum Gasteiger partial charge on any atom is -0.463 e. The molecule has 2 fully saturated rings. The van der Waals surface area contributed by atoms with Crippen molar-refractivity contribution in [1.29, 1.82) is 0 Å². The molecule has 1 saturated heterocycles. The second kappa shape index (κ2) is 10.2. The van der Waals surface area contributed by atoms with Crippen LogP contribution in [0.2, 0.25) is 0 Å². The fourth-order valence-corrected chi connectivity index (χ4v) is 6.64. The molecule has 1 saturated carbocycles. The lowest BCUT2D eigenvalue weighted by atomic mass is 9.96. The Kier molecular flexibility index (Phi) is 7.54. The number of aromatic amines is 1. The molecule has 1 aliphatic carbocycles. The molecule has 1 aliphatic heterocycles. The van der Waals surface area contributed by atoms with Crippen LogP contribution in [0.15, 0.2) is 52.2 Å². The Bertz CT molecular complexity index is 1280. The van der Waals surface area contributed by atoms with Gasteiger partial charge in [0.2, 0.25) is 0 Å². The molecule has 1 spiro atoms. The van der Waals surface area contributed by atoms with Crippen molar-refractivity contribution in [3.8, 4) is 5.75 Å². The molecule has 2 aromatic rings. The zero-order valence-corrected chi connectivity index (χ0v) is 22.2. The van der Waals surface area contributed by atoms with E-state index in [0.717, 1.165) is 0 Å². The zero-order valence-electron chi connectivity index (χ0n) is 21.3. The quantitative estimate of drug-likeness (QED) is 0.346. The van der Waals surface area contributed by atoms with Crippen molar-refractivity contribution in [2.45, 2.75) is 65.1 Å². The third kappa shape index (κ3) is 5.90. The molecule has 4 atom stereocenters. The van der Waals surface area contributed by atoms with Gasteiger partial charge in [0.05, 0.1) is 30.4 Å². The van der Waals surface area contributed by atoms with E-state index < -0.39 is 54.1 Å². The molecule has 1 unspecified atom stereocenters. The molecule has 2 aliphatic rings. The topological polar surface area (TPSA) is 146 Å². The van der Waals surface area contributed by atoms with Crippen molar-refractivity contribution in [3.05, 3.63) is 63.4 Å². The number of hydrogen-bond donors (Lipinski definition) is 2. The lowest BCUT2D eigenvalue weighted by molar-refractivity contribution is -0.156. The van der Waals surface area contributed by atoms with E-state index in [1.807, 2.05) is 0 Å². The van der Waals surface area contributed by atoms with Crippen LogP contribution in [0.3, 0.4) is 0 Å². The van der Waals surface area contributed by atoms with Gasteiger partial charge in [-0.25, -0.2) is 9.36 Å². The van der Waals surface area contributed by atoms with Gasteiger partial charge < -0.3 is 19.1 Å². The van der Waals surface area contributed by atoms with Crippen LogP contribution in [0.4, 0.5) is 0 Å². The Balaban J connectivity index is 1.54. The first-order chi connectivity index (χ1) is 17.4. The van der Waals surface area contributed by atoms with Gasteiger partial charge in [-0.1, -0.05) is 18.2 Å². The number of aliphatic hydroxyl groups is 1. The van der Waals surface area contributed by atoms with E-state index in [-0.39, 0.29) is 18.9 Å². The molecule has 2 heterocycles. The normalized spacial score (nSPS) is 24.1. The summed E-state index contributed by atoms with van der Waals surface area (Å²) in [6, 6.07) is 9.65. The van der Waals surface area contributed by atoms with E-state index in [2.05, 4.69) is 4.98 Å². The number of benzene rings is 1. The Labute approximate surface area is 214 Å². The fourth-order valence-electron chi connectivity index (χ4n) is 4.52. The van der Waals surface area contributed by atoms with E-state index in [1.165, 1.54) is 16.8 Å². The molecule has 11 nitrogen and oxygen atoms in total. The predicted molar refractivity (Wildman–Crippen MR) is 133 cm³/mol. The third-order valence-electron chi connectivity index (χ3n) is 6.58. The van der Waals surface area contributed by atoms with E-state index >= 15 is 0 Å². The van der Waals surface area contributed by atoms with Gasteiger partial charge >= 0.3 is 19.3 Å². The number of aliphatic hydroxyl groups excluding tert-OH is 1. The van der Waals surface area contributed by atoms with E-state index in [4.69, 9.17) is 18.5 Å². The number of nitrogens with zero attached hydrogens (tertiary/aromatic N) is 1. The highest BCUT2D eigenvalue weighted by atomic mass is 31.2. The van der Waals surface area contributed by atoms with Crippen molar-refractivity contribution >= 4 is 13.6 Å². The summed E-state index contributed by atoms with van der Waals surface area (Å²) in [6.07, 6.45) is -0.865. The van der Waals surface area contributed by atoms with Gasteiger partial charge in [0.15, 0.2) is 0 Å². The number of carbonyl (C=O) groups excluding carboxylic acids is 1. The van der Waals surface area contributed by atoms with Crippen molar-refractivity contribution in [2.75, 3.05) is 12.8 Å². The van der Waals surface area contributed by atoms with E-state index in [1.54, 1.807) is 58.0 Å². The van der Waals surface area contributed by atoms with Crippen molar-refractivity contribution in [2.24, 2.45) is 10.8 Å². The first kappa shape index (κ1) is 27.3. The Hall–Kier alpha value is -2.72. The molecule has 37 heavy (non-hydrogen) atoms. The van der Waals surface area contributed by atoms with Gasteiger partial charge in [0, 0.05) is 17.7 Å². The lowest BCUT2D eigenvalue weighted by Gasteiger charge is -2.29. The second-order valence-corrected chi connectivity index (χ2v) is 12.5.